The third kappa shape index (κ3) is 9.45. The molecule has 10 rings (SSSR count). The molecule has 0 amide bonds. The average Bonchev–Trinajstić information content (AvgIpc) is 4.00. The maximum atomic E-state index is 7.27. The topological polar surface area (TPSA) is 33.5 Å². The predicted octanol–water partition coefficient (Wildman–Crippen LogP) is 17.3. The van der Waals surface area contributed by atoms with Crippen LogP contribution < -0.4 is 14.5 Å². The summed E-state index contributed by atoms with van der Waals surface area (Å²) >= 11 is 0. The molecule has 0 saturated heterocycles. The van der Waals surface area contributed by atoms with E-state index in [0.29, 0.717) is 23.3 Å². The Hall–Kier alpha value is -6.68. The van der Waals surface area contributed by atoms with Gasteiger partial charge in [-0.25, -0.2) is 4.98 Å². The van der Waals surface area contributed by atoms with E-state index in [1.165, 1.54) is 38.9 Å². The van der Waals surface area contributed by atoms with Crippen molar-refractivity contribution in [3.05, 3.63) is 234 Å². The number of rotatable bonds is 12. The quantitative estimate of drug-likeness (QED) is 0.114. The van der Waals surface area contributed by atoms with Gasteiger partial charge in [-0.1, -0.05) is 196 Å². The number of ether oxygens (including phenoxy) is 1. The third-order valence-electron chi connectivity index (χ3n) is 14.7. The van der Waals surface area contributed by atoms with Crippen molar-refractivity contribution < 1.29 is 25.8 Å². The van der Waals surface area contributed by atoms with Crippen molar-refractivity contribution in [3.8, 4) is 28.4 Å². The summed E-state index contributed by atoms with van der Waals surface area (Å²) in [6, 6.07) is 64.4. The molecule has 9 aromatic rings. The summed E-state index contributed by atoms with van der Waals surface area (Å²) in [4.78, 5) is 9.38. The molecule has 0 aliphatic carbocycles. The van der Waals surface area contributed by atoms with E-state index in [2.05, 4.69) is 279 Å². The molecule has 0 N–H and O–H groups in total. The molecule has 0 bridgehead atoms. The second-order valence-electron chi connectivity index (χ2n) is 21.9. The molecule has 0 unspecified atom stereocenters. The van der Waals surface area contributed by atoms with Gasteiger partial charge in [-0.3, -0.25) is 0 Å². The zero-order valence-electron chi connectivity index (χ0n) is 43.5. The van der Waals surface area contributed by atoms with Crippen LogP contribution in [0.15, 0.2) is 176 Å². The van der Waals surface area contributed by atoms with Crippen LogP contribution in [-0.2, 0) is 37.3 Å². The summed E-state index contributed by atoms with van der Waals surface area (Å²) in [6.07, 6.45) is 6.17. The Morgan fingerprint density at radius 1 is 0.556 bits per heavy atom. The monoisotopic (exact) mass is 1120 g/mol. The Morgan fingerprint density at radius 2 is 1.15 bits per heavy atom. The molecule has 2 aromatic heterocycles. The molecular formula is C66H65N4OPt-3. The van der Waals surface area contributed by atoms with Gasteiger partial charge >= 0.3 is 0 Å². The fourth-order valence-corrected chi connectivity index (χ4v) is 10.4. The number of hydrogen-bond donors (Lipinski definition) is 0. The second-order valence-corrected chi connectivity index (χ2v) is 21.9. The molecule has 6 heteroatoms. The number of para-hydroxylation sites is 1. The molecule has 1 aliphatic heterocycles. The van der Waals surface area contributed by atoms with E-state index >= 15 is 0 Å². The van der Waals surface area contributed by atoms with E-state index in [1.807, 2.05) is 6.20 Å². The first kappa shape index (κ1) is 50.3. The summed E-state index contributed by atoms with van der Waals surface area (Å²) < 4.78 is 9.54. The predicted molar refractivity (Wildman–Crippen MR) is 297 cm³/mol. The maximum Gasteiger partial charge on any atom is 0.135 e. The molecule has 7 aromatic carbocycles. The smallest absolute Gasteiger partial charge is 0.135 e. The Kier molecular flexibility index (Phi) is 13.8. The van der Waals surface area contributed by atoms with Gasteiger partial charge in [0.25, 0.3) is 0 Å². The van der Waals surface area contributed by atoms with E-state index in [9.17, 15) is 0 Å². The Labute approximate surface area is 442 Å². The van der Waals surface area contributed by atoms with Gasteiger partial charge in [-0.15, -0.1) is 53.8 Å². The van der Waals surface area contributed by atoms with Crippen LogP contribution in [0.2, 0.25) is 0 Å². The van der Waals surface area contributed by atoms with Crippen molar-refractivity contribution in [1.82, 2.24) is 9.55 Å². The van der Waals surface area contributed by atoms with E-state index in [-0.39, 0.29) is 31.9 Å². The zero-order valence-corrected chi connectivity index (χ0v) is 45.8. The molecule has 0 spiro atoms. The minimum atomic E-state index is -0.423. The largest absolute Gasteiger partial charge is 0.509 e. The van der Waals surface area contributed by atoms with Gasteiger partial charge in [-0.05, 0) is 110 Å². The summed E-state index contributed by atoms with van der Waals surface area (Å²) in [6.45, 7) is 27.2. The van der Waals surface area contributed by atoms with Gasteiger partial charge in [0.05, 0.1) is 0 Å². The van der Waals surface area contributed by atoms with Crippen LogP contribution >= 0.6 is 0 Å². The van der Waals surface area contributed by atoms with E-state index in [1.54, 1.807) is 0 Å². The first-order chi connectivity index (χ1) is 34.0. The van der Waals surface area contributed by atoms with Crippen LogP contribution in [0, 0.1) is 18.8 Å². The van der Waals surface area contributed by atoms with Gasteiger partial charge in [0.15, 0.2) is 0 Å². The van der Waals surface area contributed by atoms with Gasteiger partial charge in [-0.2, -0.15) is 0 Å². The number of nitrogens with zero attached hydrogens (tertiary/aromatic N) is 4. The number of aromatic nitrogens is 2. The first-order valence-corrected chi connectivity index (χ1v) is 25.2. The average molecular weight is 1130 g/mol. The zero-order chi connectivity index (χ0) is 49.8. The second kappa shape index (κ2) is 19.7. The van der Waals surface area contributed by atoms with Crippen molar-refractivity contribution in [2.45, 2.75) is 104 Å². The Balaban J connectivity index is 0.00000640. The molecule has 0 atom stereocenters. The first-order valence-electron chi connectivity index (χ1n) is 25.2. The van der Waals surface area contributed by atoms with Crippen molar-refractivity contribution in [3.63, 3.8) is 0 Å². The van der Waals surface area contributed by atoms with Crippen molar-refractivity contribution in [2.75, 3.05) is 9.80 Å². The molecule has 0 fully saturated rings. The molecule has 0 saturated carbocycles. The molecule has 3 heterocycles. The molecular weight excluding hydrogens is 1060 g/mol. The van der Waals surface area contributed by atoms with Crippen LogP contribution in [0.1, 0.15) is 127 Å². The Morgan fingerprint density at radius 3 is 1.82 bits per heavy atom. The van der Waals surface area contributed by atoms with Gasteiger partial charge in [0, 0.05) is 55.4 Å². The van der Waals surface area contributed by atoms with Crippen molar-refractivity contribution in [1.29, 1.82) is 0 Å². The summed E-state index contributed by atoms with van der Waals surface area (Å²) in [7, 11) is 0. The van der Waals surface area contributed by atoms with Gasteiger partial charge in [0.1, 0.15) is 5.82 Å². The molecule has 72 heavy (non-hydrogen) atoms. The SMILES string of the molecule is CC(C)c1cccc(C(C)C)c1-c1cc(Oc2[c-]c3c(c(C(C)(C)c4ccccc4)c2)c2ccccc2n3-c2cc(C(C)(C)C)ccn2)[c-]c(N2C=CN(c3cccc(C(C)(C)c4ccccc4)c3)[CH-]2)c1.[Pt]. The van der Waals surface area contributed by atoms with Crippen LogP contribution in [0.4, 0.5) is 11.4 Å². The normalized spacial score (nSPS) is 13.2. The standard InChI is InChI=1S/C66H65N4O.Pt/c1-44(2)55-29-21-30-56(45(3)4)62(55)46-36-52(69-35-34-68(43-69)51-27-20-26-50(38-51)65(8,9)47-22-14-12-15-23-47)40-53(37-46)71-54-41-58(66(10,11)48-24-16-13-17-25-48)63-57-28-18-19-31-59(57)70(60(63)42-54)61-39-49(32-33-67-61)64(5,6)7;/h12-39,41,43-45H,1-11H3;/q-3;. The fraction of sp³-hybridized carbons (Fsp3) is 0.242. The summed E-state index contributed by atoms with van der Waals surface area (Å²) in [5.74, 6) is 2.65. The maximum absolute atomic E-state index is 7.27. The number of benzene rings is 7. The van der Waals surface area contributed by atoms with E-state index in [0.717, 1.165) is 50.1 Å². The summed E-state index contributed by atoms with van der Waals surface area (Å²) in [5.41, 5.74) is 14.3. The fourth-order valence-electron chi connectivity index (χ4n) is 10.4. The van der Waals surface area contributed by atoms with E-state index < -0.39 is 5.41 Å². The van der Waals surface area contributed by atoms with Gasteiger partial charge in [0.2, 0.25) is 0 Å². The Bertz CT molecular complexity index is 3410. The number of anilines is 2. The molecule has 368 valence electrons. The van der Waals surface area contributed by atoms with Crippen LogP contribution in [0.5, 0.6) is 11.5 Å². The van der Waals surface area contributed by atoms with Gasteiger partial charge < -0.3 is 19.1 Å². The molecule has 5 nitrogen and oxygen atoms in total. The number of hydrogen-bond acceptors (Lipinski definition) is 4. The number of fused-ring (bicyclic) bond motifs is 3. The minimum absolute atomic E-state index is 0. The third-order valence-corrected chi connectivity index (χ3v) is 14.7. The van der Waals surface area contributed by atoms with Crippen LogP contribution in [0.25, 0.3) is 38.8 Å². The van der Waals surface area contributed by atoms with E-state index in [4.69, 9.17) is 9.72 Å². The van der Waals surface area contributed by atoms with Crippen LogP contribution in [0.3, 0.4) is 0 Å². The van der Waals surface area contributed by atoms with Crippen molar-refractivity contribution >= 4 is 33.2 Å². The number of pyridine rings is 1. The molecule has 1 aliphatic rings. The molecule has 0 radical (unpaired) electrons. The minimum Gasteiger partial charge on any atom is -0.509 e. The van der Waals surface area contributed by atoms with Crippen LogP contribution in [-0.4, -0.2) is 9.55 Å². The summed E-state index contributed by atoms with van der Waals surface area (Å²) in [5, 5.41) is 2.27. The van der Waals surface area contributed by atoms with Crippen molar-refractivity contribution in [2.24, 2.45) is 0 Å².